The molecule has 0 aliphatic heterocycles. The summed E-state index contributed by atoms with van der Waals surface area (Å²) >= 11 is 5.94. The Morgan fingerprint density at radius 3 is 2.93 bits per heavy atom. The molecule has 0 radical (unpaired) electrons. The summed E-state index contributed by atoms with van der Waals surface area (Å²) in [7, 11) is 0. The van der Waals surface area contributed by atoms with Crippen LogP contribution >= 0.6 is 11.6 Å². The highest BCUT2D eigenvalue weighted by Gasteiger charge is 2.03. The lowest BCUT2D eigenvalue weighted by atomic mass is 10.3. The van der Waals surface area contributed by atoms with Crippen LogP contribution in [0.1, 0.15) is 25.3 Å². The predicted molar refractivity (Wildman–Crippen MR) is 57.5 cm³/mol. The van der Waals surface area contributed by atoms with Gasteiger partial charge in [0.2, 0.25) is 5.88 Å². The molecule has 1 heterocycles. The van der Waals surface area contributed by atoms with Crippen molar-refractivity contribution < 1.29 is 4.74 Å². The van der Waals surface area contributed by atoms with E-state index in [1.54, 1.807) is 12.3 Å². The lowest BCUT2D eigenvalue weighted by molar-refractivity contribution is 0.298. The van der Waals surface area contributed by atoms with E-state index in [1.165, 1.54) is 0 Å². The van der Waals surface area contributed by atoms with Crippen LogP contribution in [0.15, 0.2) is 12.3 Å². The van der Waals surface area contributed by atoms with Crippen molar-refractivity contribution >= 4 is 11.6 Å². The minimum Gasteiger partial charge on any atom is -0.477 e. The monoisotopic (exact) mass is 214 g/mol. The van der Waals surface area contributed by atoms with E-state index in [2.05, 4.69) is 11.9 Å². The Bertz CT molecular complexity index is 291. The summed E-state index contributed by atoms with van der Waals surface area (Å²) in [5, 5.41) is 0.532. The molecule has 1 aromatic rings. The largest absolute Gasteiger partial charge is 0.477 e. The number of pyridine rings is 1. The van der Waals surface area contributed by atoms with Crippen molar-refractivity contribution in [1.82, 2.24) is 4.98 Å². The second-order valence-electron chi connectivity index (χ2n) is 3.04. The van der Waals surface area contributed by atoms with E-state index >= 15 is 0 Å². The van der Waals surface area contributed by atoms with Crippen LogP contribution in [-0.2, 0) is 6.54 Å². The van der Waals surface area contributed by atoms with Crippen LogP contribution in [0.2, 0.25) is 5.02 Å². The number of hydrogen-bond donors (Lipinski definition) is 1. The zero-order valence-electron chi connectivity index (χ0n) is 8.29. The molecule has 0 saturated heterocycles. The van der Waals surface area contributed by atoms with E-state index in [0.29, 0.717) is 24.1 Å². The Kier molecular flexibility index (Phi) is 4.70. The fraction of sp³-hybridized carbons (Fsp3) is 0.500. The van der Waals surface area contributed by atoms with Gasteiger partial charge in [0.15, 0.2) is 0 Å². The van der Waals surface area contributed by atoms with Crippen molar-refractivity contribution in [2.75, 3.05) is 6.61 Å². The molecular weight excluding hydrogens is 200 g/mol. The molecule has 0 spiro atoms. The predicted octanol–water partition coefficient (Wildman–Crippen LogP) is 2.37. The van der Waals surface area contributed by atoms with Gasteiger partial charge in [0.1, 0.15) is 5.02 Å². The van der Waals surface area contributed by atoms with Gasteiger partial charge in [0.25, 0.3) is 0 Å². The summed E-state index contributed by atoms with van der Waals surface area (Å²) < 4.78 is 5.39. The molecule has 4 heteroatoms. The average Bonchev–Trinajstić information content (AvgIpc) is 2.20. The second-order valence-corrected chi connectivity index (χ2v) is 3.44. The molecule has 1 rings (SSSR count). The van der Waals surface area contributed by atoms with Crippen molar-refractivity contribution in [2.24, 2.45) is 5.73 Å². The fourth-order valence-corrected chi connectivity index (χ4v) is 1.24. The number of hydrogen-bond acceptors (Lipinski definition) is 3. The zero-order valence-corrected chi connectivity index (χ0v) is 9.05. The summed E-state index contributed by atoms with van der Waals surface area (Å²) in [4.78, 5) is 4.09. The van der Waals surface area contributed by atoms with Crippen molar-refractivity contribution in [3.63, 3.8) is 0 Å². The highest BCUT2D eigenvalue weighted by Crippen LogP contribution is 2.22. The molecule has 0 atom stereocenters. The van der Waals surface area contributed by atoms with E-state index < -0.39 is 0 Å². The molecule has 14 heavy (non-hydrogen) atoms. The van der Waals surface area contributed by atoms with E-state index in [4.69, 9.17) is 22.1 Å². The van der Waals surface area contributed by atoms with Gasteiger partial charge in [0.05, 0.1) is 6.61 Å². The molecule has 0 saturated carbocycles. The normalized spacial score (nSPS) is 10.2. The highest BCUT2D eigenvalue weighted by molar-refractivity contribution is 6.31. The third-order valence-corrected chi connectivity index (χ3v) is 2.11. The lowest BCUT2D eigenvalue weighted by Gasteiger charge is -2.06. The van der Waals surface area contributed by atoms with Gasteiger partial charge in [-0.3, -0.25) is 0 Å². The minimum absolute atomic E-state index is 0.446. The van der Waals surface area contributed by atoms with Gasteiger partial charge >= 0.3 is 0 Å². The number of rotatable bonds is 5. The Balaban J connectivity index is 2.59. The number of ether oxygens (including phenoxy) is 1. The van der Waals surface area contributed by atoms with Gasteiger partial charge in [-0.15, -0.1) is 0 Å². The molecular formula is C10H15ClN2O. The maximum Gasteiger partial charge on any atom is 0.232 e. The number of halogens is 1. The van der Waals surface area contributed by atoms with E-state index in [0.717, 1.165) is 18.4 Å². The maximum atomic E-state index is 5.94. The molecule has 78 valence electrons. The summed E-state index contributed by atoms with van der Waals surface area (Å²) in [6.45, 7) is 3.21. The molecule has 0 bridgehead atoms. The van der Waals surface area contributed by atoms with Crippen LogP contribution in [0.3, 0.4) is 0 Å². The molecule has 0 aliphatic carbocycles. The summed E-state index contributed by atoms with van der Waals surface area (Å²) in [6, 6.07) is 1.79. The minimum atomic E-state index is 0.446. The summed E-state index contributed by atoms with van der Waals surface area (Å²) in [5.41, 5.74) is 6.37. The van der Waals surface area contributed by atoms with Gasteiger partial charge < -0.3 is 10.5 Å². The maximum absolute atomic E-state index is 5.94. The first-order valence-electron chi connectivity index (χ1n) is 4.75. The van der Waals surface area contributed by atoms with Crippen LogP contribution in [-0.4, -0.2) is 11.6 Å². The molecule has 0 aromatic carbocycles. The van der Waals surface area contributed by atoms with Gasteiger partial charge in [-0.1, -0.05) is 24.9 Å². The topological polar surface area (TPSA) is 48.1 Å². The van der Waals surface area contributed by atoms with Crippen molar-refractivity contribution in [1.29, 1.82) is 0 Å². The molecule has 1 aromatic heterocycles. The Hall–Kier alpha value is -0.800. The average molecular weight is 215 g/mol. The molecule has 2 N–H and O–H groups in total. The molecule has 0 amide bonds. The SMILES string of the molecule is CCCCOc1ncc(CN)cc1Cl. The van der Waals surface area contributed by atoms with Crippen molar-refractivity contribution in [3.8, 4) is 5.88 Å². The zero-order chi connectivity index (χ0) is 10.4. The standard InChI is InChI=1S/C10H15ClN2O/c1-2-3-4-14-10-9(11)5-8(6-12)7-13-10/h5,7H,2-4,6,12H2,1H3. The van der Waals surface area contributed by atoms with Gasteiger partial charge in [-0.05, 0) is 18.1 Å². The Labute approximate surface area is 89.2 Å². The number of aromatic nitrogens is 1. The second kappa shape index (κ2) is 5.83. The third-order valence-electron chi connectivity index (χ3n) is 1.84. The van der Waals surface area contributed by atoms with E-state index in [-0.39, 0.29) is 0 Å². The fourth-order valence-electron chi connectivity index (χ4n) is 0.996. The highest BCUT2D eigenvalue weighted by atomic mass is 35.5. The third kappa shape index (κ3) is 3.16. The lowest BCUT2D eigenvalue weighted by Crippen LogP contribution is -2.01. The van der Waals surface area contributed by atoms with E-state index in [9.17, 15) is 0 Å². The number of nitrogens with zero attached hydrogens (tertiary/aromatic N) is 1. The van der Waals surface area contributed by atoms with Crippen LogP contribution in [0, 0.1) is 0 Å². The molecule has 0 aliphatic rings. The molecule has 0 fully saturated rings. The Morgan fingerprint density at radius 1 is 1.57 bits per heavy atom. The van der Waals surface area contributed by atoms with Crippen LogP contribution in [0.5, 0.6) is 5.88 Å². The number of unbranched alkanes of at least 4 members (excludes halogenated alkanes) is 1. The first-order valence-corrected chi connectivity index (χ1v) is 5.13. The van der Waals surface area contributed by atoms with Crippen molar-refractivity contribution in [2.45, 2.75) is 26.3 Å². The smallest absolute Gasteiger partial charge is 0.232 e. The summed E-state index contributed by atoms with van der Waals surface area (Å²) in [6.07, 6.45) is 3.79. The summed E-state index contributed by atoms with van der Waals surface area (Å²) in [5.74, 6) is 0.498. The Morgan fingerprint density at radius 2 is 2.36 bits per heavy atom. The van der Waals surface area contributed by atoms with Crippen LogP contribution in [0.25, 0.3) is 0 Å². The van der Waals surface area contributed by atoms with Gasteiger partial charge in [0, 0.05) is 12.7 Å². The van der Waals surface area contributed by atoms with Crippen LogP contribution in [0.4, 0.5) is 0 Å². The first-order chi connectivity index (χ1) is 6.77. The molecule has 3 nitrogen and oxygen atoms in total. The van der Waals surface area contributed by atoms with E-state index in [1.807, 2.05) is 0 Å². The van der Waals surface area contributed by atoms with Gasteiger partial charge in [-0.25, -0.2) is 4.98 Å². The number of nitrogens with two attached hydrogens (primary N) is 1. The molecule has 0 unspecified atom stereocenters. The quantitative estimate of drug-likeness (QED) is 0.766. The van der Waals surface area contributed by atoms with Gasteiger partial charge in [-0.2, -0.15) is 0 Å². The first kappa shape index (κ1) is 11.3. The van der Waals surface area contributed by atoms with Crippen molar-refractivity contribution in [3.05, 3.63) is 22.8 Å². The van der Waals surface area contributed by atoms with Crippen LogP contribution < -0.4 is 10.5 Å².